The minimum absolute atomic E-state index is 0.803. The number of nitrogens with one attached hydrogen (secondary N) is 2. The first kappa shape index (κ1) is 15.5. The molecular formula is C15H21N4OS2+. The number of para-hydroxylation sites is 2. The molecule has 0 aliphatic carbocycles. The number of methoxy groups -OCH3 is 1. The SMILES string of the molecule is COc1ccccc1Nc1nn(C[NH+]2CCCCC2)c(=S)s1. The molecule has 118 valence electrons. The molecule has 1 fully saturated rings. The Balaban J connectivity index is 1.73. The molecule has 0 saturated carbocycles. The number of aromatic nitrogens is 2. The van der Waals surface area contributed by atoms with Gasteiger partial charge < -0.3 is 15.0 Å². The molecule has 1 aromatic carbocycles. The van der Waals surface area contributed by atoms with Crippen molar-refractivity contribution in [2.24, 2.45) is 0 Å². The topological polar surface area (TPSA) is 43.5 Å². The van der Waals surface area contributed by atoms with Crippen LogP contribution in [0.1, 0.15) is 19.3 Å². The summed E-state index contributed by atoms with van der Waals surface area (Å²) >= 11 is 6.96. The Morgan fingerprint density at radius 2 is 2.09 bits per heavy atom. The summed E-state index contributed by atoms with van der Waals surface area (Å²) in [6, 6.07) is 7.82. The Labute approximate surface area is 139 Å². The number of hydrogen-bond donors (Lipinski definition) is 2. The Morgan fingerprint density at radius 3 is 2.86 bits per heavy atom. The highest BCUT2D eigenvalue weighted by atomic mass is 32.1. The number of anilines is 2. The Hall–Kier alpha value is -1.44. The fraction of sp³-hybridized carbons (Fsp3) is 0.467. The van der Waals surface area contributed by atoms with Crippen molar-refractivity contribution in [3.63, 3.8) is 0 Å². The van der Waals surface area contributed by atoms with Gasteiger partial charge in [0.1, 0.15) is 5.75 Å². The van der Waals surface area contributed by atoms with Crippen LogP contribution in [0.4, 0.5) is 10.8 Å². The minimum atomic E-state index is 0.803. The summed E-state index contributed by atoms with van der Waals surface area (Å²) in [7, 11) is 1.67. The zero-order valence-corrected chi connectivity index (χ0v) is 14.3. The predicted octanol–water partition coefficient (Wildman–Crippen LogP) is 2.45. The van der Waals surface area contributed by atoms with Gasteiger partial charge in [0.15, 0.2) is 10.6 Å². The zero-order chi connectivity index (χ0) is 15.4. The van der Waals surface area contributed by atoms with Crippen LogP contribution in [0.15, 0.2) is 24.3 Å². The maximum absolute atomic E-state index is 5.45. The van der Waals surface area contributed by atoms with Crippen LogP contribution >= 0.6 is 23.6 Å². The molecule has 7 heteroatoms. The quantitative estimate of drug-likeness (QED) is 0.823. The van der Waals surface area contributed by atoms with Crippen molar-refractivity contribution in [3.8, 4) is 5.75 Å². The normalized spacial score (nSPS) is 15.7. The van der Waals surface area contributed by atoms with Gasteiger partial charge >= 0.3 is 0 Å². The average molecular weight is 337 g/mol. The van der Waals surface area contributed by atoms with Gasteiger partial charge in [0.25, 0.3) is 0 Å². The van der Waals surface area contributed by atoms with Crippen LogP contribution in [0.3, 0.4) is 0 Å². The predicted molar refractivity (Wildman–Crippen MR) is 91.8 cm³/mol. The van der Waals surface area contributed by atoms with E-state index in [2.05, 4.69) is 10.4 Å². The Bertz CT molecular complexity index is 676. The molecule has 0 unspecified atom stereocenters. The fourth-order valence-electron chi connectivity index (χ4n) is 2.74. The van der Waals surface area contributed by atoms with Crippen LogP contribution in [0.5, 0.6) is 5.75 Å². The van der Waals surface area contributed by atoms with Crippen molar-refractivity contribution >= 4 is 34.4 Å². The van der Waals surface area contributed by atoms with Gasteiger partial charge in [-0.05, 0) is 43.6 Å². The number of likely N-dealkylation sites (tertiary alicyclic amines) is 1. The highest BCUT2D eigenvalue weighted by molar-refractivity contribution is 7.73. The summed E-state index contributed by atoms with van der Waals surface area (Å²) in [4.78, 5) is 1.57. The fourth-order valence-corrected chi connectivity index (χ4v) is 3.76. The van der Waals surface area contributed by atoms with Gasteiger partial charge in [-0.25, -0.2) is 0 Å². The summed E-state index contributed by atoms with van der Waals surface area (Å²) in [6.45, 7) is 3.30. The molecule has 5 nitrogen and oxygen atoms in total. The Morgan fingerprint density at radius 1 is 1.32 bits per heavy atom. The van der Waals surface area contributed by atoms with E-state index in [1.54, 1.807) is 12.0 Å². The lowest BCUT2D eigenvalue weighted by Crippen LogP contribution is -3.12. The third-order valence-electron chi connectivity index (χ3n) is 3.89. The van der Waals surface area contributed by atoms with Crippen LogP contribution in [0, 0.1) is 3.95 Å². The monoisotopic (exact) mass is 337 g/mol. The first-order valence-electron chi connectivity index (χ1n) is 7.58. The van der Waals surface area contributed by atoms with Gasteiger partial charge in [-0.15, -0.1) is 5.10 Å². The van der Waals surface area contributed by atoms with Crippen LogP contribution in [-0.4, -0.2) is 30.0 Å². The molecule has 1 aliphatic heterocycles. The number of rotatable bonds is 5. The molecule has 3 rings (SSSR count). The largest absolute Gasteiger partial charge is 0.495 e. The highest BCUT2D eigenvalue weighted by Crippen LogP contribution is 2.28. The Kier molecular flexibility index (Phi) is 5.07. The second-order valence-corrected chi connectivity index (χ2v) is 7.09. The van der Waals surface area contributed by atoms with E-state index in [0.29, 0.717) is 0 Å². The smallest absolute Gasteiger partial charge is 0.209 e. The van der Waals surface area contributed by atoms with Gasteiger partial charge in [0, 0.05) is 0 Å². The van der Waals surface area contributed by atoms with Crippen molar-refractivity contribution in [3.05, 3.63) is 28.2 Å². The van der Waals surface area contributed by atoms with E-state index < -0.39 is 0 Å². The summed E-state index contributed by atoms with van der Waals surface area (Å²) in [5.41, 5.74) is 0.909. The molecule has 1 aliphatic rings. The summed E-state index contributed by atoms with van der Waals surface area (Å²) in [6.07, 6.45) is 3.96. The van der Waals surface area contributed by atoms with E-state index >= 15 is 0 Å². The number of hydrogen-bond acceptors (Lipinski definition) is 5. The molecule has 2 N–H and O–H groups in total. The van der Waals surface area contributed by atoms with Gasteiger partial charge in [-0.1, -0.05) is 23.5 Å². The average Bonchev–Trinajstić information content (AvgIpc) is 2.88. The van der Waals surface area contributed by atoms with Crippen molar-refractivity contribution in [2.75, 3.05) is 25.5 Å². The van der Waals surface area contributed by atoms with Crippen molar-refractivity contribution in [1.82, 2.24) is 9.78 Å². The molecule has 0 spiro atoms. The molecule has 2 heterocycles. The summed E-state index contributed by atoms with van der Waals surface area (Å²) in [5.74, 6) is 0.803. The van der Waals surface area contributed by atoms with E-state index in [0.717, 1.165) is 27.2 Å². The molecule has 1 saturated heterocycles. The maximum Gasteiger partial charge on any atom is 0.209 e. The van der Waals surface area contributed by atoms with Gasteiger partial charge in [0.2, 0.25) is 5.13 Å². The highest BCUT2D eigenvalue weighted by Gasteiger charge is 2.16. The molecule has 0 bridgehead atoms. The summed E-state index contributed by atoms with van der Waals surface area (Å²) < 4.78 is 8.11. The minimum Gasteiger partial charge on any atom is -0.495 e. The van der Waals surface area contributed by atoms with Crippen LogP contribution in [0.25, 0.3) is 0 Å². The standard InChI is InChI=1S/C15H20N4OS2/c1-20-13-8-4-3-7-12(13)16-14-17-19(15(21)22-14)11-18-9-5-2-6-10-18/h3-4,7-8H,2,5-6,9-11H2,1H3,(H,16,17)/p+1. The van der Waals surface area contributed by atoms with E-state index in [-0.39, 0.29) is 0 Å². The molecule has 2 aromatic rings. The number of piperidine rings is 1. The number of benzene rings is 1. The van der Waals surface area contributed by atoms with Crippen molar-refractivity contribution in [1.29, 1.82) is 0 Å². The van der Waals surface area contributed by atoms with E-state index in [9.17, 15) is 0 Å². The second kappa shape index (κ2) is 7.21. The lowest BCUT2D eigenvalue weighted by molar-refractivity contribution is -0.928. The van der Waals surface area contributed by atoms with Crippen molar-refractivity contribution in [2.45, 2.75) is 25.9 Å². The van der Waals surface area contributed by atoms with E-state index in [1.807, 2.05) is 28.9 Å². The van der Waals surface area contributed by atoms with E-state index in [4.69, 9.17) is 17.0 Å². The second-order valence-electron chi connectivity index (χ2n) is 5.47. The number of nitrogens with zero attached hydrogens (tertiary/aromatic N) is 2. The zero-order valence-electron chi connectivity index (χ0n) is 12.7. The third-order valence-corrected chi connectivity index (χ3v) is 5.11. The van der Waals surface area contributed by atoms with E-state index in [1.165, 1.54) is 43.7 Å². The lowest BCUT2D eigenvalue weighted by Gasteiger charge is -2.22. The third kappa shape index (κ3) is 3.66. The first-order chi connectivity index (χ1) is 10.8. The van der Waals surface area contributed by atoms with Crippen LogP contribution in [0.2, 0.25) is 0 Å². The molecular weight excluding hydrogens is 316 g/mol. The first-order valence-corrected chi connectivity index (χ1v) is 8.80. The molecule has 0 amide bonds. The maximum atomic E-state index is 5.45. The van der Waals surface area contributed by atoms with Gasteiger partial charge in [-0.3, -0.25) is 0 Å². The van der Waals surface area contributed by atoms with Gasteiger partial charge in [0.05, 0.1) is 25.9 Å². The van der Waals surface area contributed by atoms with Gasteiger partial charge in [-0.2, -0.15) is 4.68 Å². The number of ether oxygens (including phenoxy) is 1. The van der Waals surface area contributed by atoms with Crippen molar-refractivity contribution < 1.29 is 9.64 Å². The van der Waals surface area contributed by atoms with Crippen LogP contribution < -0.4 is 15.0 Å². The number of quaternary nitrogens is 1. The van der Waals surface area contributed by atoms with Crippen LogP contribution in [-0.2, 0) is 6.67 Å². The molecule has 22 heavy (non-hydrogen) atoms. The molecule has 0 radical (unpaired) electrons. The lowest BCUT2D eigenvalue weighted by atomic mass is 10.1. The molecule has 1 aromatic heterocycles. The molecule has 0 atom stereocenters. The summed E-state index contributed by atoms with van der Waals surface area (Å²) in [5, 5.41) is 8.74.